The second kappa shape index (κ2) is 8.66. The van der Waals surface area contributed by atoms with Gasteiger partial charge in [0.1, 0.15) is 17.6 Å². The lowest BCUT2D eigenvalue weighted by Gasteiger charge is -2.27. The molecule has 34 heavy (non-hydrogen) atoms. The van der Waals surface area contributed by atoms with Crippen molar-refractivity contribution in [2.24, 2.45) is 17.8 Å². The fourth-order valence-corrected chi connectivity index (χ4v) is 4.92. The summed E-state index contributed by atoms with van der Waals surface area (Å²) < 4.78 is 4.68. The molecule has 0 aromatic carbocycles. The van der Waals surface area contributed by atoms with Gasteiger partial charge in [-0.1, -0.05) is 5.16 Å². The van der Waals surface area contributed by atoms with Gasteiger partial charge >= 0.3 is 0 Å². The van der Waals surface area contributed by atoms with E-state index in [0.29, 0.717) is 23.3 Å². The summed E-state index contributed by atoms with van der Waals surface area (Å²) in [6.07, 6.45) is 4.34. The van der Waals surface area contributed by atoms with Crippen molar-refractivity contribution in [1.82, 2.24) is 30.8 Å². The van der Waals surface area contributed by atoms with Crippen molar-refractivity contribution in [3.63, 3.8) is 0 Å². The van der Waals surface area contributed by atoms with Gasteiger partial charge in [0.15, 0.2) is 5.69 Å². The van der Waals surface area contributed by atoms with Gasteiger partial charge in [0.2, 0.25) is 5.91 Å². The number of nitrogens with one attached hydrogen (secondary N) is 3. The molecule has 0 spiro atoms. The van der Waals surface area contributed by atoms with E-state index in [1.54, 1.807) is 13.0 Å². The zero-order valence-electron chi connectivity index (χ0n) is 19.8. The summed E-state index contributed by atoms with van der Waals surface area (Å²) in [6.45, 7) is 7.48. The molecule has 2 aliphatic rings. The van der Waals surface area contributed by atoms with E-state index in [4.69, 9.17) is 0 Å². The minimum Gasteiger partial charge on any atom is -0.338 e. The van der Waals surface area contributed by atoms with Gasteiger partial charge in [0.25, 0.3) is 5.91 Å². The second-order valence-corrected chi connectivity index (χ2v) is 9.53. The highest BCUT2D eigenvalue weighted by molar-refractivity contribution is 6.00. The number of H-pyrrole nitrogens is 1. The van der Waals surface area contributed by atoms with Crippen LogP contribution in [-0.4, -0.2) is 43.4 Å². The van der Waals surface area contributed by atoms with Gasteiger partial charge in [-0.05, 0) is 88.4 Å². The Morgan fingerprint density at radius 2 is 1.71 bits per heavy atom. The Morgan fingerprint density at radius 1 is 1.00 bits per heavy atom. The predicted octanol–water partition coefficient (Wildman–Crippen LogP) is 3.26. The summed E-state index contributed by atoms with van der Waals surface area (Å²) in [7, 11) is 0. The molecule has 2 fully saturated rings. The van der Waals surface area contributed by atoms with E-state index in [0.717, 1.165) is 53.9 Å². The van der Waals surface area contributed by atoms with Gasteiger partial charge in [-0.25, -0.2) is 9.61 Å². The SMILES string of the molecule is Cc1nc(NC(=O)[C@@H](NC(=O)c2nonc2C)C(C2CC2)C2CC2)ccc1-c1c(C)n[nH]c1C. The van der Waals surface area contributed by atoms with Crippen LogP contribution in [0.25, 0.3) is 11.1 Å². The van der Waals surface area contributed by atoms with Gasteiger partial charge in [-0.3, -0.25) is 14.7 Å². The molecule has 10 nitrogen and oxygen atoms in total. The van der Waals surface area contributed by atoms with Crippen molar-refractivity contribution in [2.45, 2.75) is 59.4 Å². The molecule has 3 N–H and O–H groups in total. The Bertz CT molecular complexity index is 1210. The van der Waals surface area contributed by atoms with Crippen molar-refractivity contribution in [1.29, 1.82) is 0 Å². The Balaban J connectivity index is 1.38. The molecule has 3 aromatic heterocycles. The maximum atomic E-state index is 13.5. The predicted molar refractivity (Wildman–Crippen MR) is 124 cm³/mol. The smallest absolute Gasteiger partial charge is 0.276 e. The van der Waals surface area contributed by atoms with Crippen LogP contribution in [0.4, 0.5) is 5.82 Å². The van der Waals surface area contributed by atoms with Crippen LogP contribution < -0.4 is 10.6 Å². The lowest BCUT2D eigenvalue weighted by atomic mass is 9.88. The van der Waals surface area contributed by atoms with Crippen LogP contribution >= 0.6 is 0 Å². The summed E-state index contributed by atoms with van der Waals surface area (Å²) in [4.78, 5) is 31.0. The quantitative estimate of drug-likeness (QED) is 0.466. The van der Waals surface area contributed by atoms with E-state index in [1.165, 1.54) is 0 Å². The normalized spacial score (nSPS) is 16.5. The topological polar surface area (TPSA) is 139 Å². The van der Waals surface area contributed by atoms with Crippen molar-refractivity contribution in [3.05, 3.63) is 40.6 Å². The largest absolute Gasteiger partial charge is 0.338 e. The summed E-state index contributed by atoms with van der Waals surface area (Å²) in [5, 5.41) is 20.5. The fraction of sp³-hybridized carbons (Fsp3) is 0.500. The number of anilines is 1. The van der Waals surface area contributed by atoms with Crippen molar-refractivity contribution >= 4 is 17.6 Å². The number of nitrogens with zero attached hydrogens (tertiary/aromatic N) is 4. The van der Waals surface area contributed by atoms with Crippen LogP contribution in [0.5, 0.6) is 0 Å². The fourth-order valence-electron chi connectivity index (χ4n) is 4.92. The Labute approximate surface area is 197 Å². The van der Waals surface area contributed by atoms with Gasteiger partial charge in [-0.15, -0.1) is 0 Å². The molecule has 5 rings (SSSR count). The van der Waals surface area contributed by atoms with E-state index in [1.807, 2.05) is 26.8 Å². The van der Waals surface area contributed by atoms with Gasteiger partial charge in [-0.2, -0.15) is 5.10 Å². The summed E-state index contributed by atoms with van der Waals surface area (Å²) in [6, 6.07) is 3.06. The number of aromatic nitrogens is 5. The Hall–Kier alpha value is -3.56. The number of hydrogen-bond acceptors (Lipinski definition) is 7. The number of hydrogen-bond donors (Lipinski definition) is 3. The second-order valence-electron chi connectivity index (χ2n) is 9.53. The van der Waals surface area contributed by atoms with Gasteiger partial charge in [0.05, 0.1) is 5.69 Å². The van der Waals surface area contributed by atoms with E-state index in [2.05, 4.69) is 40.8 Å². The molecule has 2 saturated carbocycles. The minimum atomic E-state index is -0.677. The van der Waals surface area contributed by atoms with Crippen molar-refractivity contribution in [3.8, 4) is 11.1 Å². The summed E-state index contributed by atoms with van der Waals surface area (Å²) in [5.74, 6) is 0.736. The molecule has 178 valence electrons. The first kappa shape index (κ1) is 22.2. The molecular weight excluding hydrogens is 434 g/mol. The number of aryl methyl sites for hydroxylation is 4. The highest BCUT2D eigenvalue weighted by Gasteiger charge is 2.48. The van der Waals surface area contributed by atoms with Crippen LogP contribution in [0.1, 0.15) is 58.9 Å². The molecule has 2 aliphatic carbocycles. The number of rotatable bonds is 8. The highest BCUT2D eigenvalue weighted by Crippen LogP contribution is 2.51. The van der Waals surface area contributed by atoms with Crippen molar-refractivity contribution < 1.29 is 14.2 Å². The molecule has 1 atom stereocenters. The number of carbonyl (C=O) groups is 2. The number of aromatic amines is 1. The molecule has 0 bridgehead atoms. The standard InChI is InChI=1S/C24H29N7O3/c1-11-17(19-12(2)28-29-13(19)3)9-10-18(25-11)26-24(33)22(20(15-5-6-15)16-7-8-16)27-23(32)21-14(4)30-34-31-21/h9-10,15-16,20,22H,5-8H2,1-4H3,(H,27,32)(H,28,29)(H,25,26,33)/t22-/m0/s1. The zero-order valence-corrected chi connectivity index (χ0v) is 19.8. The lowest BCUT2D eigenvalue weighted by molar-refractivity contribution is -0.119. The van der Waals surface area contributed by atoms with Crippen LogP contribution in [-0.2, 0) is 4.79 Å². The summed E-state index contributed by atoms with van der Waals surface area (Å²) in [5.41, 5.74) is 5.14. The van der Waals surface area contributed by atoms with Gasteiger partial charge < -0.3 is 10.6 Å². The first-order valence-electron chi connectivity index (χ1n) is 11.7. The Kier molecular flexibility index (Phi) is 5.66. The summed E-state index contributed by atoms with van der Waals surface area (Å²) >= 11 is 0. The molecule has 0 saturated heterocycles. The first-order chi connectivity index (χ1) is 16.3. The monoisotopic (exact) mass is 463 g/mol. The minimum absolute atomic E-state index is 0.0979. The first-order valence-corrected chi connectivity index (χ1v) is 11.7. The molecule has 10 heteroatoms. The molecule has 3 aromatic rings. The average Bonchev–Trinajstić information content (AvgIpc) is 3.73. The highest BCUT2D eigenvalue weighted by atomic mass is 16.6. The van der Waals surface area contributed by atoms with Crippen LogP contribution in [0, 0.1) is 45.4 Å². The third-order valence-electron chi connectivity index (χ3n) is 6.89. The lowest BCUT2D eigenvalue weighted by Crippen LogP contribution is -2.50. The number of amides is 2. The average molecular weight is 464 g/mol. The van der Waals surface area contributed by atoms with Gasteiger partial charge in [0, 0.05) is 22.5 Å². The molecule has 3 heterocycles. The van der Waals surface area contributed by atoms with E-state index in [9.17, 15) is 9.59 Å². The molecule has 2 amide bonds. The number of carbonyl (C=O) groups excluding carboxylic acids is 2. The molecule has 0 unspecified atom stereocenters. The molecule has 0 radical (unpaired) electrons. The number of pyridine rings is 1. The maximum Gasteiger partial charge on any atom is 0.276 e. The van der Waals surface area contributed by atoms with E-state index >= 15 is 0 Å². The Morgan fingerprint density at radius 3 is 2.24 bits per heavy atom. The van der Waals surface area contributed by atoms with Crippen molar-refractivity contribution in [2.75, 3.05) is 5.32 Å². The van der Waals surface area contributed by atoms with Crippen LogP contribution in [0.2, 0.25) is 0 Å². The third-order valence-corrected chi connectivity index (χ3v) is 6.89. The third kappa shape index (κ3) is 4.32. The van der Waals surface area contributed by atoms with E-state index < -0.39 is 11.9 Å². The maximum absolute atomic E-state index is 13.5. The molecular formula is C24H29N7O3. The van der Waals surface area contributed by atoms with Crippen LogP contribution in [0.3, 0.4) is 0 Å². The van der Waals surface area contributed by atoms with Crippen LogP contribution in [0.15, 0.2) is 16.8 Å². The van der Waals surface area contributed by atoms with E-state index in [-0.39, 0.29) is 17.5 Å². The molecule has 0 aliphatic heterocycles. The zero-order chi connectivity index (χ0) is 24.0.